The fourth-order valence-corrected chi connectivity index (χ4v) is 4.54. The molecule has 1 heterocycles. The van der Waals surface area contributed by atoms with Crippen LogP contribution in [0.25, 0.3) is 0 Å². The van der Waals surface area contributed by atoms with E-state index >= 15 is 0 Å². The summed E-state index contributed by atoms with van der Waals surface area (Å²) in [5.41, 5.74) is 0.221. The zero-order valence-corrected chi connectivity index (χ0v) is 13.8. The molecule has 0 saturated carbocycles. The van der Waals surface area contributed by atoms with Crippen molar-refractivity contribution in [2.24, 2.45) is 5.92 Å². The van der Waals surface area contributed by atoms with Crippen molar-refractivity contribution >= 4 is 21.6 Å². The lowest BCUT2D eigenvalue weighted by Gasteiger charge is -2.31. The molecule has 3 nitrogen and oxygen atoms in total. The Kier molecular flexibility index (Phi) is 5.63. The fraction of sp³-hybridized carbons (Fsp3) is 0.600. The van der Waals surface area contributed by atoms with Gasteiger partial charge in [-0.2, -0.15) is 4.31 Å². The largest absolute Gasteiger partial charge is 0.243 e. The Bertz CT molecular complexity index is 583. The molecule has 0 amide bonds. The third-order valence-electron chi connectivity index (χ3n) is 4.07. The highest BCUT2D eigenvalue weighted by atomic mass is 35.5. The second kappa shape index (κ2) is 7.07. The van der Waals surface area contributed by atoms with Crippen LogP contribution in [-0.4, -0.2) is 25.8 Å². The molecule has 1 aliphatic rings. The molecule has 0 unspecified atom stereocenters. The minimum absolute atomic E-state index is 0.0340. The molecule has 1 aromatic rings. The maximum Gasteiger partial charge on any atom is 0.243 e. The van der Waals surface area contributed by atoms with Gasteiger partial charge >= 0.3 is 0 Å². The first-order valence-corrected chi connectivity index (χ1v) is 9.31. The van der Waals surface area contributed by atoms with Gasteiger partial charge in [-0.05, 0) is 37.0 Å². The molecule has 0 radical (unpaired) electrons. The van der Waals surface area contributed by atoms with Crippen LogP contribution < -0.4 is 0 Å². The molecule has 2 rings (SSSR count). The van der Waals surface area contributed by atoms with Gasteiger partial charge in [0.05, 0.1) is 10.8 Å². The van der Waals surface area contributed by atoms with Crippen molar-refractivity contribution in [1.82, 2.24) is 4.31 Å². The lowest BCUT2D eigenvalue weighted by molar-refractivity contribution is 0.262. The summed E-state index contributed by atoms with van der Waals surface area (Å²) in [6, 6.07) is 3.84. The molecule has 1 aliphatic heterocycles. The molecule has 1 aromatic carbocycles. The molecule has 0 aliphatic carbocycles. The van der Waals surface area contributed by atoms with E-state index in [1.54, 1.807) is 0 Å². The lowest BCUT2D eigenvalue weighted by Crippen LogP contribution is -2.38. The molecule has 0 spiro atoms. The Morgan fingerprint density at radius 2 is 2.00 bits per heavy atom. The number of hydrogen-bond acceptors (Lipinski definition) is 2. The topological polar surface area (TPSA) is 37.4 Å². The lowest BCUT2D eigenvalue weighted by atomic mass is 9.94. The van der Waals surface area contributed by atoms with Gasteiger partial charge in [0.15, 0.2) is 0 Å². The van der Waals surface area contributed by atoms with E-state index in [1.165, 1.54) is 22.5 Å². The Labute approximate surface area is 131 Å². The highest BCUT2D eigenvalue weighted by molar-refractivity contribution is 7.89. The number of alkyl halides is 1. The van der Waals surface area contributed by atoms with Gasteiger partial charge in [-0.15, -0.1) is 11.6 Å². The van der Waals surface area contributed by atoms with Crippen molar-refractivity contribution in [2.75, 3.05) is 13.1 Å². The monoisotopic (exact) mass is 333 g/mol. The summed E-state index contributed by atoms with van der Waals surface area (Å²) < 4.78 is 40.1. The minimum Gasteiger partial charge on any atom is -0.207 e. The van der Waals surface area contributed by atoms with Crippen molar-refractivity contribution in [2.45, 2.75) is 43.4 Å². The highest BCUT2D eigenvalue weighted by Gasteiger charge is 2.29. The van der Waals surface area contributed by atoms with Crippen molar-refractivity contribution in [3.63, 3.8) is 0 Å². The third-order valence-corrected chi connectivity index (χ3v) is 6.25. The zero-order valence-electron chi connectivity index (χ0n) is 12.2. The summed E-state index contributed by atoms with van der Waals surface area (Å²) in [5, 5.41) is 0. The number of sulfonamides is 1. The molecule has 0 N–H and O–H groups in total. The second-order valence-electron chi connectivity index (χ2n) is 5.52. The van der Waals surface area contributed by atoms with Crippen LogP contribution in [0.1, 0.15) is 38.2 Å². The molecule has 21 heavy (non-hydrogen) atoms. The number of benzene rings is 1. The molecule has 0 atom stereocenters. The van der Waals surface area contributed by atoms with Gasteiger partial charge in [0.2, 0.25) is 10.0 Å². The van der Waals surface area contributed by atoms with Crippen LogP contribution in [0.2, 0.25) is 0 Å². The predicted molar refractivity (Wildman–Crippen MR) is 82.3 cm³/mol. The summed E-state index contributed by atoms with van der Waals surface area (Å²) in [5.74, 6) is 0.118. The van der Waals surface area contributed by atoms with E-state index in [0.717, 1.165) is 25.7 Å². The number of rotatable bonds is 5. The van der Waals surface area contributed by atoms with Crippen LogP contribution in [0.4, 0.5) is 4.39 Å². The van der Waals surface area contributed by atoms with Crippen molar-refractivity contribution in [1.29, 1.82) is 0 Å². The smallest absolute Gasteiger partial charge is 0.207 e. The van der Waals surface area contributed by atoms with Crippen molar-refractivity contribution in [3.8, 4) is 0 Å². The van der Waals surface area contributed by atoms with E-state index in [4.69, 9.17) is 11.6 Å². The van der Waals surface area contributed by atoms with Gasteiger partial charge in [0.1, 0.15) is 5.82 Å². The van der Waals surface area contributed by atoms with E-state index in [9.17, 15) is 12.8 Å². The summed E-state index contributed by atoms with van der Waals surface area (Å²) in [6.07, 6.45) is 4.09. The van der Waals surface area contributed by atoms with Crippen LogP contribution in [0, 0.1) is 11.7 Å². The third kappa shape index (κ3) is 3.76. The van der Waals surface area contributed by atoms with Gasteiger partial charge in [0.25, 0.3) is 0 Å². The first-order chi connectivity index (χ1) is 9.98. The van der Waals surface area contributed by atoms with Gasteiger partial charge < -0.3 is 0 Å². The molecule has 1 fully saturated rings. The summed E-state index contributed by atoms with van der Waals surface area (Å²) in [6.45, 7) is 3.23. The van der Waals surface area contributed by atoms with Crippen LogP contribution in [0.3, 0.4) is 0 Å². The number of nitrogens with zero attached hydrogens (tertiary/aromatic N) is 1. The Morgan fingerprint density at radius 1 is 1.33 bits per heavy atom. The molecule has 1 saturated heterocycles. The van der Waals surface area contributed by atoms with Gasteiger partial charge in [-0.1, -0.05) is 19.8 Å². The average Bonchev–Trinajstić information content (AvgIpc) is 2.48. The Hall–Kier alpha value is -0.650. The maximum atomic E-state index is 13.4. The SMILES string of the molecule is CCCC1CCN(S(=O)(=O)c2ccc(F)c(CCl)c2)CC1. The second-order valence-corrected chi connectivity index (χ2v) is 7.73. The molecule has 6 heteroatoms. The van der Waals surface area contributed by atoms with E-state index < -0.39 is 15.8 Å². The molecule has 0 aromatic heterocycles. The molecular formula is C15H21ClFNO2S. The molecule has 0 bridgehead atoms. The fourth-order valence-electron chi connectivity index (χ4n) is 2.81. The number of halogens is 2. The normalized spacial score (nSPS) is 18.0. The maximum absolute atomic E-state index is 13.4. The summed E-state index contributed by atoms with van der Waals surface area (Å²) in [4.78, 5) is 0.133. The van der Waals surface area contributed by atoms with Crippen LogP contribution in [0.5, 0.6) is 0 Å². The van der Waals surface area contributed by atoms with E-state index in [-0.39, 0.29) is 16.3 Å². The van der Waals surface area contributed by atoms with Crippen molar-refractivity contribution in [3.05, 3.63) is 29.6 Å². The number of piperidine rings is 1. The highest BCUT2D eigenvalue weighted by Crippen LogP contribution is 2.27. The van der Waals surface area contributed by atoms with Gasteiger partial charge in [0, 0.05) is 18.7 Å². The quantitative estimate of drug-likeness (QED) is 0.769. The Balaban J connectivity index is 2.15. The van der Waals surface area contributed by atoms with E-state index in [1.807, 2.05) is 0 Å². The predicted octanol–water partition coefficient (Wildman–Crippen LogP) is 3.77. The summed E-state index contributed by atoms with van der Waals surface area (Å²) in [7, 11) is -3.54. The van der Waals surface area contributed by atoms with Crippen molar-refractivity contribution < 1.29 is 12.8 Å². The minimum atomic E-state index is -3.54. The van der Waals surface area contributed by atoms with E-state index in [0.29, 0.717) is 19.0 Å². The molecule has 118 valence electrons. The average molecular weight is 334 g/mol. The van der Waals surface area contributed by atoms with Crippen LogP contribution in [-0.2, 0) is 15.9 Å². The first-order valence-electron chi connectivity index (χ1n) is 7.33. The van der Waals surface area contributed by atoms with Gasteiger partial charge in [-0.25, -0.2) is 12.8 Å². The van der Waals surface area contributed by atoms with Crippen LogP contribution >= 0.6 is 11.6 Å². The Morgan fingerprint density at radius 3 is 2.57 bits per heavy atom. The first kappa shape index (κ1) is 16.7. The van der Waals surface area contributed by atoms with Gasteiger partial charge in [-0.3, -0.25) is 0 Å². The standard InChI is InChI=1S/C15H21ClFNO2S/c1-2-3-12-6-8-18(9-7-12)21(19,20)14-4-5-15(17)13(10-14)11-16/h4-5,10,12H,2-3,6-9,11H2,1H3. The van der Waals surface area contributed by atoms with E-state index in [2.05, 4.69) is 6.92 Å². The van der Waals surface area contributed by atoms with Crippen LogP contribution in [0.15, 0.2) is 23.1 Å². The summed E-state index contributed by atoms with van der Waals surface area (Å²) >= 11 is 5.65. The zero-order chi connectivity index (χ0) is 15.5. The molecular weight excluding hydrogens is 313 g/mol. The number of hydrogen-bond donors (Lipinski definition) is 0.